The van der Waals surface area contributed by atoms with E-state index in [-0.39, 0.29) is 5.91 Å². The number of benzene rings is 2. The number of aryl methyl sites for hydroxylation is 1. The van der Waals surface area contributed by atoms with Crippen LogP contribution >= 0.6 is 22.6 Å². The minimum atomic E-state index is -0.107. The van der Waals surface area contributed by atoms with E-state index in [1.54, 1.807) is 13.1 Å². The second kappa shape index (κ2) is 6.06. The standard InChI is InChI=1S/C15H15IN2O/c1-10-7-8-11(9-13(10)16)18-15(19)12-5-3-4-6-14(12)17-2/h3-9,17H,1-2H3,(H,18,19). The Balaban J connectivity index is 2.23. The topological polar surface area (TPSA) is 41.1 Å². The summed E-state index contributed by atoms with van der Waals surface area (Å²) in [5.41, 5.74) is 3.47. The van der Waals surface area contributed by atoms with E-state index in [0.29, 0.717) is 5.56 Å². The highest BCUT2D eigenvalue weighted by atomic mass is 127. The highest BCUT2D eigenvalue weighted by Gasteiger charge is 2.10. The zero-order valence-corrected chi connectivity index (χ0v) is 13.0. The summed E-state index contributed by atoms with van der Waals surface area (Å²) in [5, 5.41) is 5.94. The molecule has 0 unspecified atom stereocenters. The maximum absolute atomic E-state index is 12.2. The van der Waals surface area contributed by atoms with Crippen molar-refractivity contribution in [1.82, 2.24) is 0 Å². The van der Waals surface area contributed by atoms with Gasteiger partial charge in [-0.15, -0.1) is 0 Å². The molecule has 0 aliphatic heterocycles. The zero-order chi connectivity index (χ0) is 13.8. The normalized spacial score (nSPS) is 10.1. The van der Waals surface area contributed by atoms with Gasteiger partial charge in [0.2, 0.25) is 0 Å². The Bertz CT molecular complexity index is 611. The van der Waals surface area contributed by atoms with Crippen LogP contribution in [-0.4, -0.2) is 13.0 Å². The van der Waals surface area contributed by atoms with Crippen LogP contribution in [0.4, 0.5) is 11.4 Å². The van der Waals surface area contributed by atoms with Crippen LogP contribution in [0.15, 0.2) is 42.5 Å². The summed E-state index contributed by atoms with van der Waals surface area (Å²) < 4.78 is 1.14. The van der Waals surface area contributed by atoms with Gasteiger partial charge in [-0.1, -0.05) is 18.2 Å². The van der Waals surface area contributed by atoms with Crippen LogP contribution in [0.2, 0.25) is 0 Å². The van der Waals surface area contributed by atoms with Gasteiger partial charge in [0, 0.05) is 22.0 Å². The second-order valence-electron chi connectivity index (χ2n) is 4.21. The summed E-state index contributed by atoms with van der Waals surface area (Å²) in [7, 11) is 1.81. The van der Waals surface area contributed by atoms with Gasteiger partial charge in [0.15, 0.2) is 0 Å². The predicted molar refractivity (Wildman–Crippen MR) is 87.8 cm³/mol. The number of hydrogen-bond acceptors (Lipinski definition) is 2. The van der Waals surface area contributed by atoms with Crippen molar-refractivity contribution >= 4 is 39.9 Å². The fraction of sp³-hybridized carbons (Fsp3) is 0.133. The zero-order valence-electron chi connectivity index (χ0n) is 10.8. The highest BCUT2D eigenvalue weighted by molar-refractivity contribution is 14.1. The van der Waals surface area contributed by atoms with E-state index in [4.69, 9.17) is 0 Å². The quantitative estimate of drug-likeness (QED) is 0.810. The van der Waals surface area contributed by atoms with Gasteiger partial charge < -0.3 is 10.6 Å². The summed E-state index contributed by atoms with van der Waals surface area (Å²) in [6, 6.07) is 13.3. The van der Waals surface area contributed by atoms with Crippen molar-refractivity contribution in [3.63, 3.8) is 0 Å². The first-order valence-electron chi connectivity index (χ1n) is 5.96. The predicted octanol–water partition coefficient (Wildman–Crippen LogP) is 3.89. The number of amides is 1. The molecule has 2 rings (SSSR count). The van der Waals surface area contributed by atoms with Gasteiger partial charge in [-0.2, -0.15) is 0 Å². The molecular formula is C15H15IN2O. The lowest BCUT2D eigenvalue weighted by Gasteiger charge is -2.10. The number of carbonyl (C=O) groups is 1. The molecule has 2 N–H and O–H groups in total. The fourth-order valence-electron chi connectivity index (χ4n) is 1.77. The smallest absolute Gasteiger partial charge is 0.257 e. The molecule has 0 bridgehead atoms. The minimum Gasteiger partial charge on any atom is -0.387 e. The lowest BCUT2D eigenvalue weighted by Crippen LogP contribution is -2.14. The molecule has 98 valence electrons. The molecule has 0 radical (unpaired) electrons. The third kappa shape index (κ3) is 3.26. The molecule has 0 atom stereocenters. The molecular weight excluding hydrogens is 351 g/mol. The van der Waals surface area contributed by atoms with Crippen LogP contribution in [0.5, 0.6) is 0 Å². The Morgan fingerprint density at radius 3 is 2.58 bits per heavy atom. The van der Waals surface area contributed by atoms with Crippen LogP contribution in [0.25, 0.3) is 0 Å². The number of rotatable bonds is 3. The lowest BCUT2D eigenvalue weighted by molar-refractivity contribution is 0.102. The SMILES string of the molecule is CNc1ccccc1C(=O)Nc1ccc(C)c(I)c1. The molecule has 0 aromatic heterocycles. The molecule has 0 saturated heterocycles. The van der Waals surface area contributed by atoms with E-state index >= 15 is 0 Å². The molecule has 0 spiro atoms. The summed E-state index contributed by atoms with van der Waals surface area (Å²) in [4.78, 5) is 12.2. The lowest BCUT2D eigenvalue weighted by atomic mass is 10.1. The molecule has 0 fully saturated rings. The largest absolute Gasteiger partial charge is 0.387 e. The van der Waals surface area contributed by atoms with Crippen LogP contribution in [0, 0.1) is 10.5 Å². The average Bonchev–Trinajstić information content (AvgIpc) is 2.43. The van der Waals surface area contributed by atoms with E-state index in [2.05, 4.69) is 33.2 Å². The molecule has 2 aromatic carbocycles. The van der Waals surface area contributed by atoms with E-state index in [0.717, 1.165) is 14.9 Å². The Kier molecular flexibility index (Phi) is 4.42. The summed E-state index contributed by atoms with van der Waals surface area (Å²) in [6.07, 6.45) is 0. The monoisotopic (exact) mass is 366 g/mol. The number of halogens is 1. The second-order valence-corrected chi connectivity index (χ2v) is 5.38. The first kappa shape index (κ1) is 13.9. The van der Waals surface area contributed by atoms with Crippen LogP contribution in [0.1, 0.15) is 15.9 Å². The number of hydrogen-bond donors (Lipinski definition) is 2. The van der Waals surface area contributed by atoms with Gasteiger partial charge in [0.25, 0.3) is 5.91 Å². The average molecular weight is 366 g/mol. The van der Waals surface area contributed by atoms with Crippen LogP contribution in [0.3, 0.4) is 0 Å². The maximum atomic E-state index is 12.2. The van der Waals surface area contributed by atoms with Gasteiger partial charge >= 0.3 is 0 Å². The third-order valence-electron chi connectivity index (χ3n) is 2.87. The summed E-state index contributed by atoms with van der Waals surface area (Å²) >= 11 is 2.26. The van der Waals surface area contributed by atoms with Gasteiger partial charge in [-0.25, -0.2) is 0 Å². The first-order valence-corrected chi connectivity index (χ1v) is 7.04. The molecule has 0 saturated carbocycles. The molecule has 3 nitrogen and oxygen atoms in total. The Morgan fingerprint density at radius 1 is 1.16 bits per heavy atom. The van der Waals surface area contributed by atoms with Crippen molar-refractivity contribution in [2.75, 3.05) is 17.7 Å². The molecule has 4 heteroatoms. The summed E-state index contributed by atoms with van der Waals surface area (Å²) in [6.45, 7) is 2.05. The van der Waals surface area contributed by atoms with Crippen molar-refractivity contribution in [2.24, 2.45) is 0 Å². The third-order valence-corrected chi connectivity index (χ3v) is 4.03. The minimum absolute atomic E-state index is 0.107. The number of nitrogens with one attached hydrogen (secondary N) is 2. The molecule has 0 aliphatic rings. The van der Waals surface area contributed by atoms with Gasteiger partial charge in [-0.05, 0) is 59.3 Å². The van der Waals surface area contributed by atoms with Gasteiger partial charge in [-0.3, -0.25) is 4.79 Å². The summed E-state index contributed by atoms with van der Waals surface area (Å²) in [5.74, 6) is -0.107. The van der Waals surface area contributed by atoms with E-state index in [1.807, 2.05) is 43.3 Å². The number of para-hydroxylation sites is 1. The van der Waals surface area contributed by atoms with E-state index in [9.17, 15) is 4.79 Å². The number of anilines is 2. The molecule has 19 heavy (non-hydrogen) atoms. The van der Waals surface area contributed by atoms with Crippen LogP contribution < -0.4 is 10.6 Å². The molecule has 1 amide bonds. The van der Waals surface area contributed by atoms with Crippen molar-refractivity contribution < 1.29 is 4.79 Å². The fourth-order valence-corrected chi connectivity index (χ4v) is 2.28. The Hall–Kier alpha value is -1.56. The first-order chi connectivity index (χ1) is 9.11. The van der Waals surface area contributed by atoms with E-state index in [1.165, 1.54) is 5.56 Å². The van der Waals surface area contributed by atoms with Gasteiger partial charge in [0.1, 0.15) is 0 Å². The molecule has 0 aliphatic carbocycles. The van der Waals surface area contributed by atoms with E-state index < -0.39 is 0 Å². The highest BCUT2D eigenvalue weighted by Crippen LogP contribution is 2.20. The Labute approximate surface area is 126 Å². The van der Waals surface area contributed by atoms with Crippen molar-refractivity contribution in [3.8, 4) is 0 Å². The maximum Gasteiger partial charge on any atom is 0.257 e. The van der Waals surface area contributed by atoms with Crippen LogP contribution in [-0.2, 0) is 0 Å². The molecule has 2 aromatic rings. The molecule has 0 heterocycles. The Morgan fingerprint density at radius 2 is 1.89 bits per heavy atom. The van der Waals surface area contributed by atoms with Crippen molar-refractivity contribution in [1.29, 1.82) is 0 Å². The van der Waals surface area contributed by atoms with Crippen molar-refractivity contribution in [3.05, 3.63) is 57.2 Å². The number of carbonyl (C=O) groups excluding carboxylic acids is 1. The van der Waals surface area contributed by atoms with Gasteiger partial charge in [0.05, 0.1) is 5.56 Å². The van der Waals surface area contributed by atoms with Crippen molar-refractivity contribution in [2.45, 2.75) is 6.92 Å².